The van der Waals surface area contributed by atoms with Crippen molar-refractivity contribution >= 4 is 29.6 Å². The average Bonchev–Trinajstić information content (AvgIpc) is 3.01. The number of nitrogens with zero attached hydrogens (tertiary/aromatic N) is 3. The maximum Gasteiger partial charge on any atom is 0.150 e. The first kappa shape index (κ1) is 22.0. The van der Waals surface area contributed by atoms with Gasteiger partial charge >= 0.3 is 0 Å². The maximum absolute atomic E-state index is 11.1. The lowest BCUT2D eigenvalue weighted by Gasteiger charge is -2.30. The van der Waals surface area contributed by atoms with Crippen LogP contribution in [0.3, 0.4) is 0 Å². The fourth-order valence-corrected chi connectivity index (χ4v) is 4.95. The Balaban J connectivity index is 0.000000245. The molecule has 0 bridgehead atoms. The quantitative estimate of drug-likeness (QED) is 0.716. The molecule has 0 spiro atoms. The number of carbonyl (C=O) groups excluding carboxylic acids is 1. The SMILES string of the molecule is CNN1CCOCC1.O=Cc1ccc2c(c1)N=C(N1CCCCC1)c1ccccc1S2. The highest BCUT2D eigenvalue weighted by molar-refractivity contribution is 7.99. The Morgan fingerprint density at radius 3 is 2.48 bits per heavy atom. The van der Waals surface area contributed by atoms with Gasteiger partial charge in [-0.25, -0.2) is 10.0 Å². The van der Waals surface area contributed by atoms with Gasteiger partial charge in [0.25, 0.3) is 0 Å². The summed E-state index contributed by atoms with van der Waals surface area (Å²) in [6.45, 7) is 5.86. The predicted octanol–water partition coefficient (Wildman–Crippen LogP) is 3.98. The van der Waals surface area contributed by atoms with Gasteiger partial charge in [-0.1, -0.05) is 36.0 Å². The Bertz CT molecular complexity index is 922. The number of hydrazine groups is 1. The zero-order valence-corrected chi connectivity index (χ0v) is 18.9. The molecule has 7 heteroatoms. The highest BCUT2D eigenvalue weighted by Gasteiger charge is 2.23. The van der Waals surface area contributed by atoms with E-state index in [-0.39, 0.29) is 0 Å². The van der Waals surface area contributed by atoms with E-state index in [0.29, 0.717) is 5.56 Å². The highest BCUT2D eigenvalue weighted by atomic mass is 32.2. The Hall–Kier alpha value is -2.19. The number of aldehydes is 1. The number of aliphatic imine (C=N–C) groups is 1. The number of rotatable bonds is 2. The van der Waals surface area contributed by atoms with Gasteiger partial charge in [0.2, 0.25) is 0 Å². The second kappa shape index (κ2) is 10.9. The lowest BCUT2D eigenvalue weighted by atomic mass is 10.1. The molecule has 1 N–H and O–H groups in total. The Kier molecular flexibility index (Phi) is 7.75. The lowest BCUT2D eigenvalue weighted by molar-refractivity contribution is 0.0171. The number of hydrogen-bond donors (Lipinski definition) is 1. The van der Waals surface area contributed by atoms with Gasteiger partial charge in [0, 0.05) is 47.1 Å². The van der Waals surface area contributed by atoms with Crippen LogP contribution in [0.5, 0.6) is 0 Å². The maximum atomic E-state index is 11.1. The van der Waals surface area contributed by atoms with Crippen molar-refractivity contribution in [2.75, 3.05) is 46.4 Å². The summed E-state index contributed by atoms with van der Waals surface area (Å²) >= 11 is 1.73. The van der Waals surface area contributed by atoms with Crippen molar-refractivity contribution in [1.29, 1.82) is 0 Å². The number of ether oxygens (including phenoxy) is 1. The van der Waals surface area contributed by atoms with Crippen LogP contribution in [0, 0.1) is 0 Å². The monoisotopic (exact) mass is 438 g/mol. The molecule has 6 nitrogen and oxygen atoms in total. The number of carbonyl (C=O) groups is 1. The van der Waals surface area contributed by atoms with Crippen molar-refractivity contribution in [3.8, 4) is 0 Å². The molecule has 2 fully saturated rings. The molecular weight excluding hydrogens is 408 g/mol. The zero-order chi connectivity index (χ0) is 21.5. The topological polar surface area (TPSA) is 57.2 Å². The molecule has 2 aromatic rings. The summed E-state index contributed by atoms with van der Waals surface area (Å²) in [4.78, 5) is 20.8. The van der Waals surface area contributed by atoms with E-state index < -0.39 is 0 Å². The van der Waals surface area contributed by atoms with Crippen molar-refractivity contribution < 1.29 is 9.53 Å². The lowest BCUT2D eigenvalue weighted by Crippen LogP contribution is -2.43. The first-order valence-corrected chi connectivity index (χ1v) is 11.8. The summed E-state index contributed by atoms with van der Waals surface area (Å²) in [5.41, 5.74) is 5.83. The molecule has 0 atom stereocenters. The number of piperidine rings is 1. The van der Waals surface area contributed by atoms with Crippen LogP contribution < -0.4 is 5.43 Å². The van der Waals surface area contributed by atoms with Crippen molar-refractivity contribution in [2.24, 2.45) is 4.99 Å². The molecule has 0 radical (unpaired) electrons. The standard InChI is InChI=1S/C19H18N2OS.C5H12N2O/c22-13-14-8-9-18-16(12-14)20-19(21-10-4-1-5-11-21)15-6-2-3-7-17(15)23-18;1-6-7-2-4-8-5-3-7/h2-3,6-9,12-13H,1,4-5,10-11H2;6H,2-5H2,1H3. The summed E-state index contributed by atoms with van der Waals surface area (Å²) in [6, 6.07) is 14.2. The first-order chi connectivity index (χ1) is 15.3. The Morgan fingerprint density at radius 1 is 1.00 bits per heavy atom. The molecule has 2 saturated heterocycles. The molecule has 3 aliphatic heterocycles. The van der Waals surface area contributed by atoms with Crippen LogP contribution in [0.15, 0.2) is 57.2 Å². The van der Waals surface area contributed by atoms with Crippen LogP contribution in [0.4, 0.5) is 5.69 Å². The van der Waals surface area contributed by atoms with Crippen LogP contribution >= 0.6 is 11.8 Å². The molecule has 164 valence electrons. The number of likely N-dealkylation sites (tertiary alicyclic amines) is 1. The number of nitrogens with one attached hydrogen (secondary N) is 1. The molecule has 3 aliphatic rings. The van der Waals surface area contributed by atoms with Crippen LogP contribution in [0.2, 0.25) is 0 Å². The van der Waals surface area contributed by atoms with Crippen molar-refractivity contribution in [3.05, 3.63) is 53.6 Å². The molecule has 0 aliphatic carbocycles. The van der Waals surface area contributed by atoms with E-state index in [9.17, 15) is 4.79 Å². The minimum absolute atomic E-state index is 0.678. The van der Waals surface area contributed by atoms with Crippen molar-refractivity contribution in [2.45, 2.75) is 29.1 Å². The number of amidine groups is 1. The summed E-state index contributed by atoms with van der Waals surface area (Å²) in [5.74, 6) is 1.05. The fourth-order valence-electron chi connectivity index (χ4n) is 3.95. The first-order valence-electron chi connectivity index (χ1n) is 11.0. The van der Waals surface area contributed by atoms with Gasteiger partial charge in [0.05, 0.1) is 18.9 Å². The van der Waals surface area contributed by atoms with Gasteiger partial charge in [-0.05, 0) is 44.5 Å². The van der Waals surface area contributed by atoms with Gasteiger partial charge in [-0.3, -0.25) is 10.2 Å². The Labute approximate surface area is 188 Å². The molecular formula is C24H30N4O2S. The molecule has 3 heterocycles. The molecule has 0 amide bonds. The Morgan fingerprint density at radius 2 is 1.77 bits per heavy atom. The van der Waals surface area contributed by atoms with Crippen LogP contribution in [-0.4, -0.2) is 68.5 Å². The van der Waals surface area contributed by atoms with Gasteiger partial charge in [0.1, 0.15) is 12.1 Å². The highest BCUT2D eigenvalue weighted by Crippen LogP contribution is 2.41. The van der Waals surface area contributed by atoms with E-state index in [1.54, 1.807) is 11.8 Å². The molecule has 5 rings (SSSR count). The number of morpholine rings is 1. The van der Waals surface area contributed by atoms with E-state index in [0.717, 1.165) is 62.1 Å². The van der Waals surface area contributed by atoms with E-state index in [2.05, 4.69) is 39.6 Å². The predicted molar refractivity (Wildman–Crippen MR) is 125 cm³/mol. The number of fused-ring (bicyclic) bond motifs is 2. The van der Waals surface area contributed by atoms with Gasteiger partial charge < -0.3 is 9.64 Å². The minimum atomic E-state index is 0.678. The number of hydrogen-bond acceptors (Lipinski definition) is 7. The third-order valence-electron chi connectivity index (χ3n) is 5.68. The largest absolute Gasteiger partial charge is 0.379 e. The average molecular weight is 439 g/mol. The third-order valence-corrected chi connectivity index (χ3v) is 6.82. The molecule has 31 heavy (non-hydrogen) atoms. The smallest absolute Gasteiger partial charge is 0.150 e. The van der Waals surface area contributed by atoms with Gasteiger partial charge in [0.15, 0.2) is 0 Å². The summed E-state index contributed by atoms with van der Waals surface area (Å²) in [7, 11) is 1.94. The fraction of sp³-hybridized carbons (Fsp3) is 0.417. The molecule has 2 aromatic carbocycles. The number of benzene rings is 2. The van der Waals surface area contributed by atoms with Crippen LogP contribution in [-0.2, 0) is 4.74 Å². The molecule has 0 aromatic heterocycles. The van der Waals surface area contributed by atoms with Gasteiger partial charge in [-0.15, -0.1) is 0 Å². The summed E-state index contributed by atoms with van der Waals surface area (Å²) < 4.78 is 5.12. The normalized spacial score (nSPS) is 18.6. The summed E-state index contributed by atoms with van der Waals surface area (Å²) in [5, 5.41) is 2.14. The second-order valence-corrected chi connectivity index (χ2v) is 8.83. The van der Waals surface area contributed by atoms with Crippen LogP contribution in [0.1, 0.15) is 35.2 Å². The van der Waals surface area contributed by atoms with Crippen LogP contribution in [0.25, 0.3) is 0 Å². The van der Waals surface area contributed by atoms with E-state index >= 15 is 0 Å². The van der Waals surface area contributed by atoms with Crippen molar-refractivity contribution in [3.63, 3.8) is 0 Å². The molecule has 0 unspecified atom stereocenters. The van der Waals surface area contributed by atoms with E-state index in [1.807, 2.05) is 25.2 Å². The van der Waals surface area contributed by atoms with Crippen molar-refractivity contribution in [1.82, 2.24) is 15.3 Å². The van der Waals surface area contributed by atoms with E-state index in [4.69, 9.17) is 9.73 Å². The molecule has 0 saturated carbocycles. The summed E-state index contributed by atoms with van der Waals surface area (Å²) in [6.07, 6.45) is 4.62. The van der Waals surface area contributed by atoms with E-state index in [1.165, 1.54) is 29.7 Å². The zero-order valence-electron chi connectivity index (χ0n) is 18.0. The minimum Gasteiger partial charge on any atom is -0.379 e. The van der Waals surface area contributed by atoms with Gasteiger partial charge in [-0.2, -0.15) is 0 Å². The third kappa shape index (κ3) is 5.54. The second-order valence-electron chi connectivity index (χ2n) is 7.75.